The molecule has 5 nitrogen and oxygen atoms in total. The molecule has 1 atom stereocenters. The highest BCUT2D eigenvalue weighted by atomic mass is 35.5. The van der Waals surface area contributed by atoms with E-state index in [-0.39, 0.29) is 5.91 Å². The number of alkyl halides is 3. The predicted molar refractivity (Wildman–Crippen MR) is 103 cm³/mol. The molecule has 0 aliphatic carbocycles. The van der Waals surface area contributed by atoms with Crippen LogP contribution in [0.4, 0.5) is 5.95 Å². The molecule has 0 radical (unpaired) electrons. The van der Waals surface area contributed by atoms with Gasteiger partial charge in [0.15, 0.2) is 0 Å². The second-order valence-electron chi connectivity index (χ2n) is 5.60. The standard InChI is InChI=1S/C18H15Cl3N4O/c19-15-12-24(10-11-25(15)18-22-8-1-9-23-18)16(26)7-4-13-2-5-14(6-3-13)17(20)21/h1-3,5-6,8-9,15,17H,10-12H2. The summed E-state index contributed by atoms with van der Waals surface area (Å²) in [6, 6.07) is 8.87. The maximum absolute atomic E-state index is 12.3. The summed E-state index contributed by atoms with van der Waals surface area (Å²) in [6.07, 6.45) is 3.33. The van der Waals surface area contributed by atoms with Gasteiger partial charge >= 0.3 is 0 Å². The van der Waals surface area contributed by atoms with Crippen LogP contribution in [0.2, 0.25) is 0 Å². The normalized spacial score (nSPS) is 17.0. The molecule has 134 valence electrons. The predicted octanol–water partition coefficient (Wildman–Crippen LogP) is 3.22. The van der Waals surface area contributed by atoms with Crippen molar-refractivity contribution < 1.29 is 4.79 Å². The van der Waals surface area contributed by atoms with Gasteiger partial charge in [0, 0.05) is 37.0 Å². The van der Waals surface area contributed by atoms with Gasteiger partial charge in [-0.15, -0.1) is 23.2 Å². The molecule has 0 bridgehead atoms. The lowest BCUT2D eigenvalue weighted by atomic mass is 10.1. The van der Waals surface area contributed by atoms with Crippen LogP contribution in [0.15, 0.2) is 42.7 Å². The number of carbonyl (C=O) groups excluding carboxylic acids is 1. The monoisotopic (exact) mass is 408 g/mol. The van der Waals surface area contributed by atoms with Crippen LogP contribution in [0.5, 0.6) is 0 Å². The molecule has 1 aliphatic rings. The minimum absolute atomic E-state index is 0.263. The van der Waals surface area contributed by atoms with Crippen LogP contribution in [0.1, 0.15) is 16.0 Å². The molecule has 1 aromatic carbocycles. The Bertz CT molecular complexity index is 818. The lowest BCUT2D eigenvalue weighted by Crippen LogP contribution is -2.53. The fourth-order valence-electron chi connectivity index (χ4n) is 2.51. The highest BCUT2D eigenvalue weighted by molar-refractivity contribution is 6.44. The van der Waals surface area contributed by atoms with Gasteiger partial charge in [-0.3, -0.25) is 4.79 Å². The summed E-state index contributed by atoms with van der Waals surface area (Å²) in [4.78, 5) is 23.7. The molecule has 1 aliphatic heterocycles. The molecule has 1 aromatic heterocycles. The first-order valence-corrected chi connectivity index (χ1v) is 9.22. The van der Waals surface area contributed by atoms with E-state index in [0.29, 0.717) is 25.6 Å². The molecule has 1 unspecified atom stereocenters. The van der Waals surface area contributed by atoms with Crippen LogP contribution in [-0.4, -0.2) is 45.9 Å². The van der Waals surface area contributed by atoms with Crippen LogP contribution in [0.3, 0.4) is 0 Å². The molecule has 3 rings (SSSR count). The summed E-state index contributed by atoms with van der Waals surface area (Å²) in [5.74, 6) is 5.81. The first-order chi connectivity index (χ1) is 12.5. The van der Waals surface area contributed by atoms with Crippen molar-refractivity contribution in [2.75, 3.05) is 24.5 Å². The van der Waals surface area contributed by atoms with Gasteiger partial charge in [0.2, 0.25) is 5.95 Å². The van der Waals surface area contributed by atoms with Gasteiger partial charge in [-0.2, -0.15) is 0 Å². The minimum Gasteiger partial charge on any atom is -0.327 e. The molecule has 0 saturated carbocycles. The Hall–Kier alpha value is -2.00. The van der Waals surface area contributed by atoms with Gasteiger partial charge in [0.25, 0.3) is 5.91 Å². The molecule has 8 heteroatoms. The summed E-state index contributed by atoms with van der Waals surface area (Å²) in [5.41, 5.74) is 1.10. The van der Waals surface area contributed by atoms with Gasteiger partial charge in [0.05, 0.1) is 6.54 Å². The van der Waals surface area contributed by atoms with Gasteiger partial charge in [-0.25, -0.2) is 9.97 Å². The molecular formula is C18H15Cl3N4O. The van der Waals surface area contributed by atoms with E-state index in [1.807, 2.05) is 4.90 Å². The van der Waals surface area contributed by atoms with Crippen molar-refractivity contribution in [1.29, 1.82) is 0 Å². The zero-order valence-corrected chi connectivity index (χ0v) is 15.9. The van der Waals surface area contributed by atoms with Crippen molar-refractivity contribution in [2.24, 2.45) is 0 Å². The van der Waals surface area contributed by atoms with Gasteiger partial charge in [-0.05, 0) is 23.8 Å². The zero-order valence-electron chi connectivity index (χ0n) is 13.6. The quantitative estimate of drug-likeness (QED) is 0.434. The topological polar surface area (TPSA) is 49.3 Å². The molecule has 0 N–H and O–H groups in total. The lowest BCUT2D eigenvalue weighted by molar-refractivity contribution is -0.125. The molecule has 1 saturated heterocycles. The summed E-state index contributed by atoms with van der Waals surface area (Å²) < 4.78 is 0. The Kier molecular flexibility index (Phi) is 6.20. The Morgan fingerprint density at radius 1 is 1.15 bits per heavy atom. The Morgan fingerprint density at radius 3 is 2.46 bits per heavy atom. The third-order valence-electron chi connectivity index (χ3n) is 3.89. The van der Waals surface area contributed by atoms with E-state index in [9.17, 15) is 4.79 Å². The third-order valence-corrected chi connectivity index (χ3v) is 4.77. The van der Waals surface area contributed by atoms with Crippen LogP contribution in [0.25, 0.3) is 0 Å². The van der Waals surface area contributed by atoms with Crippen molar-refractivity contribution >= 4 is 46.7 Å². The number of piperazine rings is 1. The highest BCUT2D eigenvalue weighted by Crippen LogP contribution is 2.24. The van der Waals surface area contributed by atoms with Crippen LogP contribution in [0, 0.1) is 11.8 Å². The van der Waals surface area contributed by atoms with E-state index < -0.39 is 10.3 Å². The number of hydrogen-bond donors (Lipinski definition) is 0. The van der Waals surface area contributed by atoms with Crippen molar-refractivity contribution in [3.05, 3.63) is 53.9 Å². The second-order valence-corrected chi connectivity index (χ2v) is 7.20. The molecule has 0 spiro atoms. The molecular weight excluding hydrogens is 395 g/mol. The first kappa shape index (κ1) is 18.8. The third kappa shape index (κ3) is 4.59. The molecule has 2 aromatic rings. The van der Waals surface area contributed by atoms with Gasteiger partial charge < -0.3 is 9.80 Å². The Labute approximate surface area is 166 Å². The number of hydrogen-bond acceptors (Lipinski definition) is 4. The number of halogens is 3. The number of aromatic nitrogens is 2. The van der Waals surface area contributed by atoms with Gasteiger partial charge in [0.1, 0.15) is 10.3 Å². The molecule has 26 heavy (non-hydrogen) atoms. The van der Waals surface area contributed by atoms with E-state index in [0.717, 1.165) is 11.1 Å². The zero-order chi connectivity index (χ0) is 18.5. The van der Waals surface area contributed by atoms with Gasteiger partial charge in [-0.1, -0.05) is 29.7 Å². The largest absolute Gasteiger partial charge is 0.327 e. The average Bonchev–Trinajstić information content (AvgIpc) is 2.67. The number of benzene rings is 1. The number of anilines is 1. The smallest absolute Gasteiger partial charge is 0.299 e. The van der Waals surface area contributed by atoms with Crippen molar-refractivity contribution in [2.45, 2.75) is 10.3 Å². The van der Waals surface area contributed by atoms with Crippen LogP contribution >= 0.6 is 34.8 Å². The maximum atomic E-state index is 12.3. The van der Waals surface area contributed by atoms with Crippen molar-refractivity contribution in [1.82, 2.24) is 14.9 Å². The number of rotatable bonds is 2. The second kappa shape index (κ2) is 8.59. The maximum Gasteiger partial charge on any atom is 0.299 e. The van der Waals surface area contributed by atoms with E-state index >= 15 is 0 Å². The van der Waals surface area contributed by atoms with Crippen LogP contribution in [-0.2, 0) is 4.79 Å². The van der Waals surface area contributed by atoms with E-state index in [1.165, 1.54) is 0 Å². The Morgan fingerprint density at radius 2 is 1.85 bits per heavy atom. The molecule has 1 fully saturated rings. The summed E-state index contributed by atoms with van der Waals surface area (Å²) in [5, 5.41) is 0. The van der Waals surface area contributed by atoms with Crippen molar-refractivity contribution in [3.63, 3.8) is 0 Å². The van der Waals surface area contributed by atoms with E-state index in [2.05, 4.69) is 21.8 Å². The SMILES string of the molecule is O=C(C#Cc1ccc(C(Cl)Cl)cc1)N1CCN(c2ncccn2)C(Cl)C1. The van der Waals surface area contributed by atoms with E-state index in [1.54, 1.807) is 47.6 Å². The number of carbonyl (C=O) groups is 1. The number of nitrogens with zero attached hydrogens (tertiary/aromatic N) is 4. The lowest BCUT2D eigenvalue weighted by Gasteiger charge is -2.37. The summed E-state index contributed by atoms with van der Waals surface area (Å²) in [6.45, 7) is 1.41. The molecule has 1 amide bonds. The summed E-state index contributed by atoms with van der Waals surface area (Å²) >= 11 is 18.0. The number of amides is 1. The van der Waals surface area contributed by atoms with E-state index in [4.69, 9.17) is 34.8 Å². The van der Waals surface area contributed by atoms with Crippen LogP contribution < -0.4 is 4.90 Å². The Balaban J connectivity index is 1.62. The molecule has 2 heterocycles. The fourth-order valence-corrected chi connectivity index (χ4v) is 3.15. The first-order valence-electron chi connectivity index (χ1n) is 7.91. The fraction of sp³-hybridized carbons (Fsp3) is 0.278. The highest BCUT2D eigenvalue weighted by Gasteiger charge is 2.28. The van der Waals surface area contributed by atoms with Crippen molar-refractivity contribution in [3.8, 4) is 11.8 Å². The average molecular weight is 410 g/mol. The summed E-state index contributed by atoms with van der Waals surface area (Å²) in [7, 11) is 0. The minimum atomic E-state index is -0.579.